The summed E-state index contributed by atoms with van der Waals surface area (Å²) in [7, 11) is -3.54. The molecule has 0 aliphatic carbocycles. The van der Waals surface area contributed by atoms with Crippen molar-refractivity contribution in [2.24, 2.45) is 5.14 Å². The van der Waals surface area contributed by atoms with Gasteiger partial charge in [0.25, 0.3) is 5.92 Å². The molecule has 2 atom stereocenters. The van der Waals surface area contributed by atoms with Crippen LogP contribution in [0.3, 0.4) is 0 Å². The summed E-state index contributed by atoms with van der Waals surface area (Å²) in [5.74, 6) is -3.07. The molecular formula is C20H35F2NO2SSi. The summed E-state index contributed by atoms with van der Waals surface area (Å²) in [6.07, 6.45) is 0.490. The maximum Gasteiger partial charge on any atom is 0.270 e. The predicted octanol–water partition coefficient (Wildman–Crippen LogP) is 5.69. The SMILES string of the molecule is CC(F)(F)c1cccc([C@H](CO[Si](C)(C)C(C)(C)C)CC(C)(C)S(N)=O)c1. The molecule has 1 aromatic rings. The largest absolute Gasteiger partial charge is 0.416 e. The highest BCUT2D eigenvalue weighted by atomic mass is 32.2. The van der Waals surface area contributed by atoms with E-state index in [0.29, 0.717) is 13.0 Å². The van der Waals surface area contributed by atoms with Gasteiger partial charge in [0.2, 0.25) is 0 Å². The Hall–Kier alpha value is -0.633. The van der Waals surface area contributed by atoms with Crippen molar-refractivity contribution in [3.8, 4) is 0 Å². The van der Waals surface area contributed by atoms with E-state index in [-0.39, 0.29) is 16.5 Å². The van der Waals surface area contributed by atoms with Crippen molar-refractivity contribution >= 4 is 19.3 Å². The van der Waals surface area contributed by atoms with Crippen LogP contribution >= 0.6 is 0 Å². The van der Waals surface area contributed by atoms with E-state index < -0.39 is 30.0 Å². The number of rotatable bonds is 8. The molecule has 0 radical (unpaired) electrons. The highest BCUT2D eigenvalue weighted by Crippen LogP contribution is 2.39. The second kappa shape index (κ2) is 8.39. The standard InChI is InChI=1S/C20H35F2NO2SSi/c1-18(2,3)27(7,8)25-14-16(13-19(4,5)26(23)24)15-10-9-11-17(12-15)20(6,21)22/h9-12,16H,13-14,23H2,1-8H3/t16-,26?/m0/s1. The van der Waals surface area contributed by atoms with Gasteiger partial charge in [-0.1, -0.05) is 39.0 Å². The quantitative estimate of drug-likeness (QED) is 0.550. The average molecular weight is 420 g/mol. The molecule has 0 aliphatic rings. The highest BCUT2D eigenvalue weighted by molar-refractivity contribution is 7.84. The topological polar surface area (TPSA) is 52.3 Å². The van der Waals surface area contributed by atoms with Crippen LogP contribution in [0.5, 0.6) is 0 Å². The van der Waals surface area contributed by atoms with Crippen LogP contribution in [-0.2, 0) is 21.3 Å². The van der Waals surface area contributed by atoms with Crippen molar-refractivity contribution in [2.45, 2.75) is 82.7 Å². The first-order valence-corrected chi connectivity index (χ1v) is 13.4. The minimum atomic E-state index is -2.91. The summed E-state index contributed by atoms with van der Waals surface area (Å²) < 4.78 is 45.3. The van der Waals surface area contributed by atoms with Gasteiger partial charge in [-0.05, 0) is 50.0 Å². The number of nitrogens with two attached hydrogens (primary N) is 1. The molecular weight excluding hydrogens is 384 g/mol. The normalized spacial score (nSPS) is 16.3. The Morgan fingerprint density at radius 2 is 1.70 bits per heavy atom. The zero-order chi connectivity index (χ0) is 21.3. The third kappa shape index (κ3) is 6.73. The lowest BCUT2D eigenvalue weighted by Crippen LogP contribution is -2.42. The Kier molecular flexibility index (Phi) is 7.58. The molecule has 3 nitrogen and oxygen atoms in total. The molecule has 0 aliphatic heterocycles. The first kappa shape index (κ1) is 24.4. The lowest BCUT2D eigenvalue weighted by atomic mass is 9.89. The first-order chi connectivity index (χ1) is 12.0. The summed E-state index contributed by atoms with van der Waals surface area (Å²) in [4.78, 5) is 0. The van der Waals surface area contributed by atoms with Crippen molar-refractivity contribution in [1.29, 1.82) is 0 Å². The van der Waals surface area contributed by atoms with Gasteiger partial charge in [-0.25, -0.2) is 13.0 Å². The van der Waals surface area contributed by atoms with Crippen LogP contribution in [0.1, 0.15) is 65.0 Å². The first-order valence-electron chi connectivity index (χ1n) is 9.26. The van der Waals surface area contributed by atoms with Gasteiger partial charge < -0.3 is 4.43 Å². The molecule has 0 heterocycles. The molecule has 0 aromatic heterocycles. The molecule has 156 valence electrons. The summed E-state index contributed by atoms with van der Waals surface area (Å²) in [6.45, 7) is 15.8. The summed E-state index contributed by atoms with van der Waals surface area (Å²) in [5, 5.41) is 5.71. The molecule has 27 heavy (non-hydrogen) atoms. The van der Waals surface area contributed by atoms with Crippen molar-refractivity contribution in [2.75, 3.05) is 6.61 Å². The maximum atomic E-state index is 13.8. The number of hydrogen-bond donors (Lipinski definition) is 1. The fraction of sp³-hybridized carbons (Fsp3) is 0.700. The van der Waals surface area contributed by atoms with Gasteiger partial charge in [-0.3, -0.25) is 5.14 Å². The van der Waals surface area contributed by atoms with Crippen LogP contribution in [0.4, 0.5) is 8.78 Å². The molecule has 1 aromatic carbocycles. The van der Waals surface area contributed by atoms with E-state index in [2.05, 4.69) is 33.9 Å². The number of alkyl halides is 2. The van der Waals surface area contributed by atoms with E-state index in [4.69, 9.17) is 9.56 Å². The van der Waals surface area contributed by atoms with Crippen LogP contribution in [-0.4, -0.2) is 23.9 Å². The van der Waals surface area contributed by atoms with E-state index in [1.807, 2.05) is 19.9 Å². The summed E-state index contributed by atoms with van der Waals surface area (Å²) >= 11 is 0. The molecule has 0 fully saturated rings. The zero-order valence-corrected chi connectivity index (χ0v) is 19.7. The zero-order valence-electron chi connectivity index (χ0n) is 17.9. The van der Waals surface area contributed by atoms with Crippen molar-refractivity contribution in [3.05, 3.63) is 35.4 Å². The van der Waals surface area contributed by atoms with E-state index in [9.17, 15) is 13.0 Å². The Bertz CT molecular complexity index is 667. The van der Waals surface area contributed by atoms with E-state index in [0.717, 1.165) is 12.5 Å². The minimum absolute atomic E-state index is 0.0241. The lowest BCUT2D eigenvalue weighted by Gasteiger charge is -2.38. The Labute approximate surface area is 166 Å². The number of hydrogen-bond acceptors (Lipinski definition) is 2. The highest BCUT2D eigenvalue weighted by Gasteiger charge is 2.39. The summed E-state index contributed by atoms with van der Waals surface area (Å²) in [5.41, 5.74) is 0.746. The predicted molar refractivity (Wildman–Crippen MR) is 113 cm³/mol. The fourth-order valence-electron chi connectivity index (χ4n) is 2.54. The maximum absolute atomic E-state index is 13.8. The van der Waals surface area contributed by atoms with Crippen molar-refractivity contribution in [1.82, 2.24) is 0 Å². The second-order valence-electron chi connectivity index (χ2n) is 9.54. The van der Waals surface area contributed by atoms with E-state index in [1.165, 1.54) is 12.1 Å². The third-order valence-electron chi connectivity index (χ3n) is 5.60. The Morgan fingerprint density at radius 1 is 1.15 bits per heavy atom. The fourth-order valence-corrected chi connectivity index (χ4v) is 3.96. The third-order valence-corrected chi connectivity index (χ3v) is 11.4. The van der Waals surface area contributed by atoms with Crippen LogP contribution in [0.15, 0.2) is 24.3 Å². The Morgan fingerprint density at radius 3 is 2.15 bits per heavy atom. The van der Waals surface area contributed by atoms with Gasteiger partial charge in [-0.15, -0.1) is 0 Å². The second-order valence-corrected chi connectivity index (χ2v) is 16.1. The van der Waals surface area contributed by atoms with Crippen LogP contribution in [0.25, 0.3) is 0 Å². The van der Waals surface area contributed by atoms with Crippen LogP contribution in [0, 0.1) is 0 Å². The van der Waals surface area contributed by atoms with Gasteiger partial charge >= 0.3 is 0 Å². The molecule has 1 unspecified atom stereocenters. The van der Waals surface area contributed by atoms with Gasteiger partial charge in [0, 0.05) is 25.0 Å². The van der Waals surface area contributed by atoms with Crippen LogP contribution in [0.2, 0.25) is 18.1 Å². The number of halogens is 2. The molecule has 0 amide bonds. The Balaban J connectivity index is 3.22. The van der Waals surface area contributed by atoms with Gasteiger partial charge in [0.15, 0.2) is 8.32 Å². The molecule has 7 heteroatoms. The lowest BCUT2D eigenvalue weighted by molar-refractivity contribution is 0.0173. The minimum Gasteiger partial charge on any atom is -0.416 e. The van der Waals surface area contributed by atoms with E-state index >= 15 is 0 Å². The monoisotopic (exact) mass is 419 g/mol. The molecule has 0 saturated heterocycles. The van der Waals surface area contributed by atoms with E-state index in [1.54, 1.807) is 6.07 Å². The smallest absolute Gasteiger partial charge is 0.270 e. The van der Waals surface area contributed by atoms with Gasteiger partial charge in [0.05, 0.1) is 15.7 Å². The van der Waals surface area contributed by atoms with Crippen molar-refractivity contribution in [3.63, 3.8) is 0 Å². The molecule has 0 spiro atoms. The van der Waals surface area contributed by atoms with Gasteiger partial charge in [0.1, 0.15) is 0 Å². The molecule has 0 saturated carbocycles. The van der Waals surface area contributed by atoms with Gasteiger partial charge in [-0.2, -0.15) is 0 Å². The average Bonchev–Trinajstić information content (AvgIpc) is 2.49. The molecule has 1 rings (SSSR count). The summed E-state index contributed by atoms with van der Waals surface area (Å²) in [6, 6.07) is 6.45. The van der Waals surface area contributed by atoms with Crippen LogP contribution < -0.4 is 5.14 Å². The molecule has 2 N–H and O–H groups in total. The molecule has 0 bridgehead atoms. The number of benzene rings is 1. The van der Waals surface area contributed by atoms with Crippen molar-refractivity contribution < 1.29 is 17.4 Å².